The summed E-state index contributed by atoms with van der Waals surface area (Å²) in [5.74, 6) is -0.650. The van der Waals surface area contributed by atoms with Gasteiger partial charge in [0, 0.05) is 24.4 Å². The molecule has 2 aliphatic rings. The first-order chi connectivity index (χ1) is 15.3. The lowest BCUT2D eigenvalue weighted by molar-refractivity contribution is -0.143. The van der Waals surface area contributed by atoms with Crippen molar-refractivity contribution < 1.29 is 31.1 Å². The van der Waals surface area contributed by atoms with Gasteiger partial charge in [-0.15, -0.1) is 12.4 Å². The predicted octanol–water partition coefficient (Wildman–Crippen LogP) is 6.99. The molecule has 0 bridgehead atoms. The van der Waals surface area contributed by atoms with Crippen LogP contribution in [-0.4, -0.2) is 40.4 Å². The number of nitrogens with one attached hydrogen (secondary N) is 1. The SMILES string of the molecule is CC1SC(=NC2CCCCCC2)N(C)C1CC(=O)Nc1cc(C(F)(F)F)cc(C(F)(F)F)c1.Cl. The summed E-state index contributed by atoms with van der Waals surface area (Å²) in [6.07, 6.45) is -3.30. The number of nitrogens with zero attached hydrogens (tertiary/aromatic N) is 2. The number of rotatable bonds is 4. The van der Waals surface area contributed by atoms with E-state index in [1.165, 1.54) is 12.8 Å². The fraction of sp³-hybridized carbons (Fsp3) is 0.636. The van der Waals surface area contributed by atoms with E-state index >= 15 is 0 Å². The lowest BCUT2D eigenvalue weighted by Crippen LogP contribution is -2.36. The van der Waals surface area contributed by atoms with Gasteiger partial charge in [-0.1, -0.05) is 44.4 Å². The number of aliphatic imine (C=N–C) groups is 1. The smallest absolute Gasteiger partial charge is 0.350 e. The Morgan fingerprint density at radius 2 is 1.56 bits per heavy atom. The first-order valence-corrected chi connectivity index (χ1v) is 11.8. The highest BCUT2D eigenvalue weighted by atomic mass is 35.5. The molecular weight excluding hydrogens is 504 g/mol. The van der Waals surface area contributed by atoms with E-state index in [9.17, 15) is 31.1 Å². The topological polar surface area (TPSA) is 44.7 Å². The summed E-state index contributed by atoms with van der Waals surface area (Å²) in [6, 6.07) is 1.04. The van der Waals surface area contributed by atoms with Gasteiger partial charge in [-0.2, -0.15) is 26.3 Å². The molecule has 1 saturated heterocycles. The molecule has 12 heteroatoms. The van der Waals surface area contributed by atoms with Crippen LogP contribution in [0.15, 0.2) is 23.2 Å². The maximum atomic E-state index is 13.1. The number of anilines is 1. The van der Waals surface area contributed by atoms with Gasteiger partial charge in [0.1, 0.15) is 0 Å². The number of amidine groups is 1. The van der Waals surface area contributed by atoms with Crippen LogP contribution in [-0.2, 0) is 17.1 Å². The number of hydrogen-bond acceptors (Lipinski definition) is 3. The minimum atomic E-state index is -4.97. The van der Waals surface area contributed by atoms with E-state index in [2.05, 4.69) is 5.32 Å². The van der Waals surface area contributed by atoms with Gasteiger partial charge in [-0.25, -0.2) is 0 Å². The van der Waals surface area contributed by atoms with E-state index in [0.717, 1.165) is 30.9 Å². The van der Waals surface area contributed by atoms with Gasteiger partial charge >= 0.3 is 12.4 Å². The van der Waals surface area contributed by atoms with Crippen molar-refractivity contribution >= 4 is 40.9 Å². The second-order valence-electron chi connectivity index (χ2n) is 8.61. The van der Waals surface area contributed by atoms with E-state index < -0.39 is 35.1 Å². The van der Waals surface area contributed by atoms with Crippen LogP contribution in [0.4, 0.5) is 32.0 Å². The number of alkyl halides is 6. The second kappa shape index (κ2) is 11.4. The Hall–Kier alpha value is -1.62. The average Bonchev–Trinajstić information content (AvgIpc) is 2.89. The molecule has 192 valence electrons. The molecule has 1 amide bonds. The minimum Gasteiger partial charge on any atom is -0.350 e. The molecule has 1 aliphatic carbocycles. The van der Waals surface area contributed by atoms with Crippen molar-refractivity contribution in [1.82, 2.24) is 4.90 Å². The van der Waals surface area contributed by atoms with Crippen LogP contribution in [0, 0.1) is 0 Å². The molecule has 2 fully saturated rings. The van der Waals surface area contributed by atoms with E-state index in [4.69, 9.17) is 4.99 Å². The monoisotopic (exact) mass is 531 g/mol. The van der Waals surface area contributed by atoms with E-state index in [1.54, 1.807) is 11.8 Å². The third-order valence-electron chi connectivity index (χ3n) is 6.02. The quantitative estimate of drug-likeness (QED) is 0.336. The second-order valence-corrected chi connectivity index (χ2v) is 9.95. The molecule has 1 aliphatic heterocycles. The van der Waals surface area contributed by atoms with Gasteiger partial charge < -0.3 is 10.2 Å². The average molecular weight is 532 g/mol. The Kier molecular flexibility index (Phi) is 9.60. The molecule has 0 radical (unpaired) electrons. The Balaban J connectivity index is 0.00000408. The number of hydrogen-bond donors (Lipinski definition) is 1. The summed E-state index contributed by atoms with van der Waals surface area (Å²) in [4.78, 5) is 19.3. The molecule has 2 atom stereocenters. The zero-order valence-electron chi connectivity index (χ0n) is 18.8. The normalized spacial score (nSPS) is 23.5. The molecule has 0 spiro atoms. The predicted molar refractivity (Wildman–Crippen MR) is 124 cm³/mol. The Morgan fingerprint density at radius 1 is 1.03 bits per heavy atom. The lowest BCUT2D eigenvalue weighted by atomic mass is 10.1. The number of benzene rings is 1. The Labute approximate surface area is 205 Å². The van der Waals surface area contributed by atoms with Crippen molar-refractivity contribution in [2.24, 2.45) is 4.99 Å². The number of thioether (sulfide) groups is 1. The molecule has 4 nitrogen and oxygen atoms in total. The van der Waals surface area contributed by atoms with Crippen molar-refractivity contribution in [3.63, 3.8) is 0 Å². The summed E-state index contributed by atoms with van der Waals surface area (Å²) in [5.41, 5.74) is -3.46. The molecule has 1 saturated carbocycles. The number of amides is 1. The largest absolute Gasteiger partial charge is 0.416 e. The third kappa shape index (κ3) is 7.44. The first-order valence-electron chi connectivity index (χ1n) is 10.9. The van der Waals surface area contributed by atoms with Crippen LogP contribution in [0.2, 0.25) is 0 Å². The molecule has 1 N–H and O–H groups in total. The van der Waals surface area contributed by atoms with Crippen molar-refractivity contribution in [3.8, 4) is 0 Å². The molecule has 0 aromatic heterocycles. The van der Waals surface area contributed by atoms with Crippen molar-refractivity contribution in [2.45, 2.75) is 81.6 Å². The van der Waals surface area contributed by atoms with Gasteiger partial charge in [0.15, 0.2) is 5.17 Å². The molecular formula is C22H28ClF6N3OS. The summed E-state index contributed by atoms with van der Waals surface area (Å²) in [5, 5.41) is 3.05. The Bertz CT molecular complexity index is 852. The van der Waals surface area contributed by atoms with Crippen LogP contribution >= 0.6 is 24.2 Å². The Morgan fingerprint density at radius 3 is 2.06 bits per heavy atom. The standard InChI is InChI=1S/C22H27F6N3OS.ClH/c1-13-18(31(2)20(33-13)30-16-7-5-3-4-6-8-16)12-19(32)29-17-10-14(21(23,24)25)9-15(11-17)22(26,27)28;/h9-11,13,16,18H,3-8,12H2,1-2H3,(H,29,32);1H. The van der Waals surface area contributed by atoms with Crippen molar-refractivity contribution in [2.75, 3.05) is 12.4 Å². The first kappa shape index (κ1) is 28.6. The summed E-state index contributed by atoms with van der Waals surface area (Å²) >= 11 is 1.54. The van der Waals surface area contributed by atoms with Gasteiger partial charge in [0.05, 0.1) is 23.2 Å². The van der Waals surface area contributed by atoms with Crippen molar-refractivity contribution in [1.29, 1.82) is 0 Å². The maximum Gasteiger partial charge on any atom is 0.416 e. The zero-order valence-corrected chi connectivity index (χ0v) is 20.4. The lowest BCUT2D eigenvalue weighted by Gasteiger charge is -2.23. The zero-order chi connectivity index (χ0) is 24.4. The highest BCUT2D eigenvalue weighted by molar-refractivity contribution is 8.14. The molecule has 2 unspecified atom stereocenters. The molecule has 1 heterocycles. The van der Waals surface area contributed by atoms with Gasteiger partial charge in [-0.3, -0.25) is 9.79 Å². The minimum absolute atomic E-state index is 0. The molecule has 1 aromatic rings. The maximum absolute atomic E-state index is 13.1. The summed E-state index contributed by atoms with van der Waals surface area (Å²) in [6.45, 7) is 1.93. The van der Waals surface area contributed by atoms with Gasteiger partial charge in [0.25, 0.3) is 0 Å². The fourth-order valence-electron chi connectivity index (χ4n) is 4.18. The van der Waals surface area contributed by atoms with Crippen LogP contribution < -0.4 is 5.32 Å². The van der Waals surface area contributed by atoms with E-state index in [1.807, 2.05) is 18.9 Å². The van der Waals surface area contributed by atoms with E-state index in [-0.39, 0.29) is 42.2 Å². The summed E-state index contributed by atoms with van der Waals surface area (Å²) in [7, 11) is 1.82. The number of carbonyl (C=O) groups is 1. The molecule has 34 heavy (non-hydrogen) atoms. The van der Waals surface area contributed by atoms with Crippen LogP contribution in [0.1, 0.15) is 63.0 Å². The fourth-order valence-corrected chi connectivity index (χ4v) is 5.46. The van der Waals surface area contributed by atoms with Crippen molar-refractivity contribution in [3.05, 3.63) is 29.3 Å². The third-order valence-corrected chi connectivity index (χ3v) is 7.31. The van der Waals surface area contributed by atoms with Crippen LogP contribution in [0.3, 0.4) is 0 Å². The van der Waals surface area contributed by atoms with E-state index in [0.29, 0.717) is 12.1 Å². The highest BCUT2D eigenvalue weighted by Gasteiger charge is 2.38. The molecule has 1 aromatic carbocycles. The molecule has 3 rings (SSSR count). The van der Waals surface area contributed by atoms with Gasteiger partial charge in [0.2, 0.25) is 5.91 Å². The highest BCUT2D eigenvalue weighted by Crippen LogP contribution is 2.38. The number of halogens is 7. The number of carbonyl (C=O) groups excluding carboxylic acids is 1. The van der Waals surface area contributed by atoms with Crippen LogP contribution in [0.25, 0.3) is 0 Å². The van der Waals surface area contributed by atoms with Gasteiger partial charge in [-0.05, 0) is 31.0 Å². The van der Waals surface area contributed by atoms with Crippen LogP contribution in [0.5, 0.6) is 0 Å². The summed E-state index contributed by atoms with van der Waals surface area (Å²) < 4.78 is 78.4.